The first-order chi connectivity index (χ1) is 10.7. The number of carbonyl (C=O) groups is 1. The van der Waals surface area contributed by atoms with E-state index in [1.54, 1.807) is 29.2 Å². The molecule has 0 atom stereocenters. The number of nitrogens with zero attached hydrogens (tertiary/aromatic N) is 4. The van der Waals surface area contributed by atoms with Crippen LogP contribution in [-0.2, 0) is 4.74 Å². The lowest BCUT2D eigenvalue weighted by Crippen LogP contribution is -2.40. The van der Waals surface area contributed by atoms with Crippen molar-refractivity contribution in [1.29, 1.82) is 0 Å². The number of nitrogens with one attached hydrogen (secondary N) is 1. The van der Waals surface area contributed by atoms with Crippen LogP contribution in [0.15, 0.2) is 30.6 Å². The van der Waals surface area contributed by atoms with Gasteiger partial charge < -0.3 is 15.0 Å². The summed E-state index contributed by atoms with van der Waals surface area (Å²) >= 11 is 5.70. The first kappa shape index (κ1) is 14.7. The monoisotopic (exact) mass is 319 g/mol. The predicted molar refractivity (Wildman–Crippen MR) is 81.3 cm³/mol. The third-order valence-corrected chi connectivity index (χ3v) is 3.41. The molecule has 1 saturated heterocycles. The van der Waals surface area contributed by atoms with E-state index in [-0.39, 0.29) is 11.2 Å². The molecule has 1 aliphatic rings. The molecule has 1 aliphatic heterocycles. The molecule has 1 aromatic carbocycles. The number of halogens is 1. The van der Waals surface area contributed by atoms with Gasteiger partial charge in [0.2, 0.25) is 11.2 Å². The molecule has 2 heterocycles. The van der Waals surface area contributed by atoms with Gasteiger partial charge in [-0.15, -0.1) is 0 Å². The van der Waals surface area contributed by atoms with Crippen LogP contribution in [0, 0.1) is 0 Å². The van der Waals surface area contributed by atoms with Crippen molar-refractivity contribution in [3.05, 3.63) is 41.4 Å². The van der Waals surface area contributed by atoms with Crippen molar-refractivity contribution < 1.29 is 9.53 Å². The van der Waals surface area contributed by atoms with Crippen LogP contribution in [0.5, 0.6) is 0 Å². The number of aromatic nitrogens is 3. The van der Waals surface area contributed by atoms with Crippen LogP contribution in [-0.4, -0.2) is 52.1 Å². The summed E-state index contributed by atoms with van der Waals surface area (Å²) in [5, 5.41) is 3.12. The van der Waals surface area contributed by atoms with Crippen molar-refractivity contribution in [2.24, 2.45) is 0 Å². The highest BCUT2D eigenvalue weighted by Crippen LogP contribution is 2.16. The Bertz CT molecular complexity index is 659. The Morgan fingerprint density at radius 2 is 1.91 bits per heavy atom. The summed E-state index contributed by atoms with van der Waals surface area (Å²) in [5.41, 5.74) is 1.40. The van der Waals surface area contributed by atoms with E-state index in [4.69, 9.17) is 16.3 Å². The lowest BCUT2D eigenvalue weighted by Gasteiger charge is -2.26. The number of amides is 1. The van der Waals surface area contributed by atoms with E-state index < -0.39 is 0 Å². The lowest BCUT2D eigenvalue weighted by molar-refractivity contribution is 0.0303. The molecule has 0 spiro atoms. The largest absolute Gasteiger partial charge is 0.378 e. The van der Waals surface area contributed by atoms with Gasteiger partial charge in [0.15, 0.2) is 0 Å². The minimum absolute atomic E-state index is 0.0121. The molecule has 3 rings (SSSR count). The fourth-order valence-electron chi connectivity index (χ4n) is 2.11. The molecule has 22 heavy (non-hydrogen) atoms. The number of hydrogen-bond donors (Lipinski definition) is 1. The lowest BCUT2D eigenvalue weighted by atomic mass is 10.1. The van der Waals surface area contributed by atoms with Crippen LogP contribution in [0.2, 0.25) is 5.28 Å². The second-order valence-corrected chi connectivity index (χ2v) is 5.02. The first-order valence-corrected chi connectivity index (χ1v) is 7.19. The van der Waals surface area contributed by atoms with Crippen LogP contribution in [0.4, 0.5) is 11.6 Å². The fourth-order valence-corrected chi connectivity index (χ4v) is 2.23. The summed E-state index contributed by atoms with van der Waals surface area (Å²) in [5.74, 6) is 0.366. The molecule has 8 heteroatoms. The highest BCUT2D eigenvalue weighted by molar-refractivity contribution is 6.28. The normalized spacial score (nSPS) is 14.7. The van der Waals surface area contributed by atoms with Gasteiger partial charge in [-0.25, -0.2) is 9.97 Å². The molecule has 1 N–H and O–H groups in total. The SMILES string of the molecule is O=C(c1ccc(Nc2ncnc(Cl)n2)cc1)N1CCOCC1. The van der Waals surface area contributed by atoms with E-state index in [1.807, 2.05) is 0 Å². The number of morpholine rings is 1. The second kappa shape index (κ2) is 6.67. The smallest absolute Gasteiger partial charge is 0.254 e. The molecule has 1 fully saturated rings. The minimum atomic E-state index is 0.0121. The zero-order chi connectivity index (χ0) is 15.4. The van der Waals surface area contributed by atoms with E-state index in [0.29, 0.717) is 37.8 Å². The molecule has 0 radical (unpaired) electrons. The Morgan fingerprint density at radius 1 is 1.18 bits per heavy atom. The Balaban J connectivity index is 1.68. The van der Waals surface area contributed by atoms with Crippen molar-refractivity contribution in [1.82, 2.24) is 19.9 Å². The van der Waals surface area contributed by atoms with Crippen LogP contribution in [0.3, 0.4) is 0 Å². The Kier molecular flexibility index (Phi) is 4.45. The van der Waals surface area contributed by atoms with E-state index in [2.05, 4.69) is 20.3 Å². The van der Waals surface area contributed by atoms with Gasteiger partial charge in [0.05, 0.1) is 13.2 Å². The molecule has 0 saturated carbocycles. The minimum Gasteiger partial charge on any atom is -0.378 e. The molecule has 7 nitrogen and oxygen atoms in total. The first-order valence-electron chi connectivity index (χ1n) is 6.81. The number of hydrogen-bond acceptors (Lipinski definition) is 6. The van der Waals surface area contributed by atoms with Gasteiger partial charge >= 0.3 is 0 Å². The van der Waals surface area contributed by atoms with Gasteiger partial charge in [-0.1, -0.05) is 0 Å². The fraction of sp³-hybridized carbons (Fsp3) is 0.286. The second-order valence-electron chi connectivity index (χ2n) is 4.69. The molecule has 2 aromatic rings. The Morgan fingerprint density at radius 3 is 2.59 bits per heavy atom. The summed E-state index contributed by atoms with van der Waals surface area (Å²) in [4.78, 5) is 25.7. The highest BCUT2D eigenvalue weighted by Gasteiger charge is 2.18. The van der Waals surface area contributed by atoms with E-state index in [1.165, 1.54) is 6.33 Å². The van der Waals surface area contributed by atoms with Crippen molar-refractivity contribution >= 4 is 29.1 Å². The predicted octanol–water partition coefficient (Wildman–Crippen LogP) is 1.74. The number of carbonyl (C=O) groups excluding carboxylic acids is 1. The molecule has 0 aliphatic carbocycles. The molecule has 1 amide bonds. The third kappa shape index (κ3) is 3.49. The maximum atomic E-state index is 12.3. The number of anilines is 2. The number of rotatable bonds is 3. The maximum absolute atomic E-state index is 12.3. The third-order valence-electron chi connectivity index (χ3n) is 3.23. The van der Waals surface area contributed by atoms with Crippen LogP contribution >= 0.6 is 11.6 Å². The molecular weight excluding hydrogens is 306 g/mol. The highest BCUT2D eigenvalue weighted by atomic mass is 35.5. The standard InChI is InChI=1S/C14H14ClN5O2/c15-13-16-9-17-14(19-13)18-11-3-1-10(2-4-11)12(21)20-5-7-22-8-6-20/h1-4,9H,5-8H2,(H,16,17,18,19). The van der Waals surface area contributed by atoms with Gasteiger partial charge in [0, 0.05) is 24.3 Å². The van der Waals surface area contributed by atoms with Crippen LogP contribution in [0.1, 0.15) is 10.4 Å². The van der Waals surface area contributed by atoms with Crippen molar-refractivity contribution in [3.63, 3.8) is 0 Å². The zero-order valence-corrected chi connectivity index (χ0v) is 12.5. The number of ether oxygens (including phenoxy) is 1. The van der Waals surface area contributed by atoms with Gasteiger partial charge in [-0.3, -0.25) is 4.79 Å². The van der Waals surface area contributed by atoms with Gasteiger partial charge in [-0.2, -0.15) is 4.98 Å². The molecule has 0 unspecified atom stereocenters. The van der Waals surface area contributed by atoms with Crippen LogP contribution < -0.4 is 5.32 Å². The average Bonchev–Trinajstić information content (AvgIpc) is 2.56. The zero-order valence-electron chi connectivity index (χ0n) is 11.7. The summed E-state index contributed by atoms with van der Waals surface area (Å²) in [6.07, 6.45) is 1.33. The summed E-state index contributed by atoms with van der Waals surface area (Å²) in [6, 6.07) is 7.13. The van der Waals surface area contributed by atoms with Gasteiger partial charge in [0.1, 0.15) is 6.33 Å². The molecule has 1 aromatic heterocycles. The quantitative estimate of drug-likeness (QED) is 0.928. The van der Waals surface area contributed by atoms with Crippen molar-refractivity contribution in [2.45, 2.75) is 0 Å². The van der Waals surface area contributed by atoms with Crippen molar-refractivity contribution in [2.75, 3.05) is 31.6 Å². The van der Waals surface area contributed by atoms with Crippen LogP contribution in [0.25, 0.3) is 0 Å². The Hall–Kier alpha value is -2.25. The number of benzene rings is 1. The Labute approximate surface area is 132 Å². The summed E-state index contributed by atoms with van der Waals surface area (Å²) in [6.45, 7) is 2.43. The topological polar surface area (TPSA) is 80.2 Å². The van der Waals surface area contributed by atoms with Gasteiger partial charge in [0.25, 0.3) is 5.91 Å². The molecule has 0 bridgehead atoms. The summed E-state index contributed by atoms with van der Waals surface area (Å²) < 4.78 is 5.25. The average molecular weight is 320 g/mol. The summed E-state index contributed by atoms with van der Waals surface area (Å²) in [7, 11) is 0. The van der Waals surface area contributed by atoms with E-state index in [9.17, 15) is 4.79 Å². The van der Waals surface area contributed by atoms with E-state index in [0.717, 1.165) is 5.69 Å². The maximum Gasteiger partial charge on any atom is 0.254 e. The van der Waals surface area contributed by atoms with Crippen molar-refractivity contribution in [3.8, 4) is 0 Å². The van der Waals surface area contributed by atoms with Gasteiger partial charge in [-0.05, 0) is 35.9 Å². The molecule has 114 valence electrons. The molecular formula is C14H14ClN5O2. The van der Waals surface area contributed by atoms with E-state index >= 15 is 0 Å².